The molecule has 0 spiro atoms. The molecule has 4 aliphatic rings. The van der Waals surface area contributed by atoms with Crippen LogP contribution in [0, 0.1) is 11.8 Å². The van der Waals surface area contributed by atoms with E-state index in [1.165, 1.54) is 12.5 Å². The van der Waals surface area contributed by atoms with Crippen LogP contribution in [0.1, 0.15) is 39.8 Å². The third-order valence-electron chi connectivity index (χ3n) is 7.05. The van der Waals surface area contributed by atoms with E-state index in [1.54, 1.807) is 0 Å². The number of carboxylic acid groups (broad SMARTS) is 1. The lowest BCUT2D eigenvalue weighted by Crippen LogP contribution is -2.47. The quantitative estimate of drug-likeness (QED) is 0.639. The number of benzene rings is 2. The van der Waals surface area contributed by atoms with Gasteiger partial charge in [-0.2, -0.15) is 0 Å². The van der Waals surface area contributed by atoms with Crippen molar-refractivity contribution in [1.82, 2.24) is 14.9 Å². The van der Waals surface area contributed by atoms with Gasteiger partial charge in [0.1, 0.15) is 6.04 Å². The van der Waals surface area contributed by atoms with Crippen LogP contribution in [0.25, 0.3) is 0 Å². The number of aromatic nitrogens is 2. The summed E-state index contributed by atoms with van der Waals surface area (Å²) in [6.07, 6.45) is 2.97. The number of carbonyl (C=O) groups excluding carboxylic acids is 2. The molecule has 0 saturated carbocycles. The average molecular weight is 413 g/mol. The van der Waals surface area contributed by atoms with E-state index in [4.69, 9.17) is 0 Å². The van der Waals surface area contributed by atoms with Crippen LogP contribution in [0.3, 0.4) is 0 Å². The summed E-state index contributed by atoms with van der Waals surface area (Å²) in [5.74, 6) is -3.62. The Hall–Kier alpha value is -3.74. The van der Waals surface area contributed by atoms with E-state index < -0.39 is 23.8 Å². The molecule has 3 aliphatic carbocycles. The molecule has 154 valence electrons. The van der Waals surface area contributed by atoms with Gasteiger partial charge in [0, 0.05) is 30.1 Å². The number of carboxylic acids is 1. The highest BCUT2D eigenvalue weighted by atomic mass is 16.4. The molecule has 1 aliphatic heterocycles. The third kappa shape index (κ3) is 2.34. The van der Waals surface area contributed by atoms with Crippen LogP contribution in [0.2, 0.25) is 0 Å². The van der Waals surface area contributed by atoms with Gasteiger partial charge >= 0.3 is 5.97 Å². The molecule has 0 radical (unpaired) electrons. The van der Waals surface area contributed by atoms with Crippen LogP contribution in [0.4, 0.5) is 0 Å². The van der Waals surface area contributed by atoms with Crippen LogP contribution in [-0.2, 0) is 20.8 Å². The number of hydrogen-bond acceptors (Lipinski definition) is 4. The second-order valence-electron chi connectivity index (χ2n) is 8.45. The van der Waals surface area contributed by atoms with Crippen LogP contribution in [-0.4, -0.2) is 43.8 Å². The standard InChI is InChI=1S/C24H19N3O4/c28-22-20-18-13-5-1-2-6-14(13)19(16-8-4-3-7-15(16)18)21(20)23(29)27(22)17(24(30)31)9-12-10-25-11-26-12/h1-8,10-11,17-21H,9H2,(H,25,26)(H,30,31)/t17-,18?,19?,20-,21-/m0/s1. The van der Waals surface area contributed by atoms with Gasteiger partial charge < -0.3 is 10.1 Å². The van der Waals surface area contributed by atoms with Gasteiger partial charge in [0.2, 0.25) is 11.8 Å². The molecule has 1 saturated heterocycles. The first-order valence-electron chi connectivity index (χ1n) is 10.3. The van der Waals surface area contributed by atoms with Crippen LogP contribution < -0.4 is 0 Å². The number of H-pyrrole nitrogens is 1. The van der Waals surface area contributed by atoms with E-state index in [-0.39, 0.29) is 30.1 Å². The van der Waals surface area contributed by atoms with Crippen molar-refractivity contribution in [2.45, 2.75) is 24.3 Å². The first kappa shape index (κ1) is 18.1. The SMILES string of the molecule is O=C(O)[C@H](Cc1cnc[nH]1)N1C(=O)[C@H]2C3c4ccccc4C(c4ccccc43)[C@@H]2C1=O. The van der Waals surface area contributed by atoms with Gasteiger partial charge in [0.15, 0.2) is 0 Å². The number of rotatable bonds is 4. The van der Waals surface area contributed by atoms with Crippen molar-refractivity contribution in [3.05, 3.63) is 89.0 Å². The van der Waals surface area contributed by atoms with E-state index >= 15 is 0 Å². The normalized spacial score (nSPS) is 26.4. The maximum absolute atomic E-state index is 13.6. The second-order valence-corrected chi connectivity index (χ2v) is 8.45. The largest absolute Gasteiger partial charge is 0.480 e. The van der Waals surface area contributed by atoms with Crippen molar-refractivity contribution in [3.8, 4) is 0 Å². The molecule has 7 heteroatoms. The molecule has 3 atom stereocenters. The molecule has 0 unspecified atom stereocenters. The fraction of sp³-hybridized carbons (Fsp3) is 0.250. The lowest BCUT2D eigenvalue weighted by Gasteiger charge is -2.45. The number of nitrogens with one attached hydrogen (secondary N) is 1. The Morgan fingerprint density at radius 2 is 1.42 bits per heavy atom. The predicted molar refractivity (Wildman–Crippen MR) is 109 cm³/mol. The number of aromatic amines is 1. The van der Waals surface area contributed by atoms with Gasteiger partial charge in [-0.05, 0) is 22.3 Å². The Bertz CT molecular complexity index is 1120. The minimum Gasteiger partial charge on any atom is -0.480 e. The highest BCUT2D eigenvalue weighted by Crippen LogP contribution is 2.61. The molecule has 2 bridgehead atoms. The van der Waals surface area contributed by atoms with Gasteiger partial charge in [-0.3, -0.25) is 14.5 Å². The Balaban J connectivity index is 1.49. The number of imidazole rings is 1. The number of imide groups is 1. The lowest BCUT2D eigenvalue weighted by molar-refractivity contribution is -0.155. The maximum atomic E-state index is 13.6. The molecule has 31 heavy (non-hydrogen) atoms. The molecule has 2 aromatic carbocycles. The topological polar surface area (TPSA) is 103 Å². The van der Waals surface area contributed by atoms with E-state index in [9.17, 15) is 19.5 Å². The van der Waals surface area contributed by atoms with Crippen molar-refractivity contribution in [3.63, 3.8) is 0 Å². The molecule has 3 aromatic rings. The van der Waals surface area contributed by atoms with Crippen molar-refractivity contribution >= 4 is 17.8 Å². The van der Waals surface area contributed by atoms with Gasteiger partial charge in [0.05, 0.1) is 18.2 Å². The molecule has 7 nitrogen and oxygen atoms in total. The summed E-state index contributed by atoms with van der Waals surface area (Å²) in [5.41, 5.74) is 4.83. The zero-order valence-electron chi connectivity index (χ0n) is 16.4. The number of carbonyl (C=O) groups is 3. The Kier molecular flexibility index (Phi) is 3.72. The molecule has 1 aromatic heterocycles. The molecule has 7 rings (SSSR count). The lowest BCUT2D eigenvalue weighted by atomic mass is 9.55. The van der Waals surface area contributed by atoms with E-state index in [2.05, 4.69) is 9.97 Å². The smallest absolute Gasteiger partial charge is 0.327 e. The summed E-state index contributed by atoms with van der Waals surface area (Å²) in [7, 11) is 0. The average Bonchev–Trinajstić information content (AvgIpc) is 3.39. The summed E-state index contributed by atoms with van der Waals surface area (Å²) in [5, 5.41) is 9.92. The zero-order valence-corrected chi connectivity index (χ0v) is 16.4. The summed E-state index contributed by atoms with van der Waals surface area (Å²) in [6.45, 7) is 0. The Morgan fingerprint density at radius 3 is 1.81 bits per heavy atom. The highest BCUT2D eigenvalue weighted by Gasteiger charge is 2.63. The van der Waals surface area contributed by atoms with Crippen LogP contribution >= 0.6 is 0 Å². The van der Waals surface area contributed by atoms with Crippen molar-refractivity contribution < 1.29 is 19.5 Å². The number of aliphatic carboxylic acids is 1. The summed E-state index contributed by atoms with van der Waals surface area (Å²) < 4.78 is 0. The van der Waals surface area contributed by atoms with E-state index in [1.807, 2.05) is 48.5 Å². The van der Waals surface area contributed by atoms with E-state index in [0.717, 1.165) is 27.2 Å². The molecular formula is C24H19N3O4. The van der Waals surface area contributed by atoms with Gasteiger partial charge in [-0.1, -0.05) is 48.5 Å². The molecule has 2 N–H and O–H groups in total. The van der Waals surface area contributed by atoms with Crippen molar-refractivity contribution in [2.75, 3.05) is 0 Å². The zero-order chi connectivity index (χ0) is 21.3. The monoisotopic (exact) mass is 413 g/mol. The summed E-state index contributed by atoms with van der Waals surface area (Å²) in [4.78, 5) is 47.3. The number of amides is 2. The summed E-state index contributed by atoms with van der Waals surface area (Å²) >= 11 is 0. The van der Waals surface area contributed by atoms with Crippen molar-refractivity contribution in [2.24, 2.45) is 11.8 Å². The highest BCUT2D eigenvalue weighted by molar-refractivity contribution is 6.10. The first-order chi connectivity index (χ1) is 15.1. The minimum atomic E-state index is -1.27. The fourth-order valence-electron chi connectivity index (χ4n) is 5.90. The van der Waals surface area contributed by atoms with Gasteiger partial charge in [0.25, 0.3) is 0 Å². The van der Waals surface area contributed by atoms with E-state index in [0.29, 0.717) is 5.69 Å². The number of nitrogens with zero attached hydrogens (tertiary/aromatic N) is 2. The fourth-order valence-corrected chi connectivity index (χ4v) is 5.90. The van der Waals surface area contributed by atoms with Crippen molar-refractivity contribution in [1.29, 1.82) is 0 Å². The molecular weight excluding hydrogens is 394 g/mol. The predicted octanol–water partition coefficient (Wildman–Crippen LogP) is 2.30. The molecule has 1 fully saturated rings. The minimum absolute atomic E-state index is 0.00147. The first-order valence-corrected chi connectivity index (χ1v) is 10.3. The molecule has 2 amide bonds. The van der Waals surface area contributed by atoms with Crippen LogP contribution in [0.5, 0.6) is 0 Å². The second kappa shape index (κ2) is 6.38. The summed E-state index contributed by atoms with van der Waals surface area (Å²) in [6, 6.07) is 14.7. The number of likely N-dealkylation sites (tertiary alicyclic amines) is 1. The van der Waals surface area contributed by atoms with Gasteiger partial charge in [-0.25, -0.2) is 9.78 Å². The maximum Gasteiger partial charge on any atom is 0.327 e. The number of hydrogen-bond donors (Lipinski definition) is 2. The Labute approximate surface area is 177 Å². The molecule has 2 heterocycles. The van der Waals surface area contributed by atoms with Gasteiger partial charge in [-0.15, -0.1) is 0 Å². The van der Waals surface area contributed by atoms with Crippen LogP contribution in [0.15, 0.2) is 61.1 Å². The Morgan fingerprint density at radius 1 is 0.935 bits per heavy atom. The third-order valence-corrected chi connectivity index (χ3v) is 7.05.